The summed E-state index contributed by atoms with van der Waals surface area (Å²) in [4.78, 5) is 12.1. The summed E-state index contributed by atoms with van der Waals surface area (Å²) in [6.45, 7) is 4.40. The fourth-order valence-electron chi connectivity index (χ4n) is 1.86. The number of halogens is 1. The maximum Gasteiger partial charge on any atom is 0.265 e. The first-order chi connectivity index (χ1) is 8.49. The molecule has 1 aromatic carbocycles. The molecule has 0 bridgehead atoms. The van der Waals surface area contributed by atoms with Crippen LogP contribution in [0.1, 0.15) is 16.7 Å². The van der Waals surface area contributed by atoms with E-state index in [4.69, 9.17) is 5.73 Å². The van der Waals surface area contributed by atoms with Gasteiger partial charge in [0, 0.05) is 6.20 Å². The molecule has 18 heavy (non-hydrogen) atoms. The SMILES string of the molecule is Cc1cccc(Cn2cc(N)c(C)c(Br)c2=O)c1. The van der Waals surface area contributed by atoms with Crippen LogP contribution >= 0.6 is 15.9 Å². The molecule has 0 fully saturated rings. The molecule has 0 aliphatic heterocycles. The first-order valence-electron chi connectivity index (χ1n) is 5.69. The van der Waals surface area contributed by atoms with Gasteiger partial charge < -0.3 is 10.3 Å². The zero-order chi connectivity index (χ0) is 13.3. The molecule has 0 aliphatic rings. The van der Waals surface area contributed by atoms with Crippen LogP contribution in [0.15, 0.2) is 39.7 Å². The summed E-state index contributed by atoms with van der Waals surface area (Å²) >= 11 is 3.30. The van der Waals surface area contributed by atoms with Crippen LogP contribution in [0.5, 0.6) is 0 Å². The van der Waals surface area contributed by atoms with Gasteiger partial charge in [-0.05, 0) is 40.9 Å². The molecule has 4 heteroatoms. The van der Waals surface area contributed by atoms with Crippen LogP contribution in [0, 0.1) is 13.8 Å². The maximum absolute atomic E-state index is 12.1. The van der Waals surface area contributed by atoms with Crippen molar-refractivity contribution in [2.24, 2.45) is 0 Å². The lowest BCUT2D eigenvalue weighted by atomic mass is 10.1. The Morgan fingerprint density at radius 1 is 1.33 bits per heavy atom. The number of aryl methyl sites for hydroxylation is 1. The lowest BCUT2D eigenvalue weighted by Crippen LogP contribution is -2.22. The highest BCUT2D eigenvalue weighted by atomic mass is 79.9. The van der Waals surface area contributed by atoms with Crippen LogP contribution in [-0.2, 0) is 6.54 Å². The normalized spacial score (nSPS) is 10.6. The highest BCUT2D eigenvalue weighted by Crippen LogP contribution is 2.17. The molecule has 3 nitrogen and oxygen atoms in total. The number of pyridine rings is 1. The quantitative estimate of drug-likeness (QED) is 0.927. The smallest absolute Gasteiger partial charge is 0.265 e. The van der Waals surface area contributed by atoms with Crippen molar-refractivity contribution in [2.45, 2.75) is 20.4 Å². The van der Waals surface area contributed by atoms with Crippen LogP contribution in [0.2, 0.25) is 0 Å². The molecule has 0 radical (unpaired) electrons. The molecule has 0 amide bonds. The van der Waals surface area contributed by atoms with Crippen molar-refractivity contribution >= 4 is 21.6 Å². The fraction of sp³-hybridized carbons (Fsp3) is 0.214. The Bertz CT molecular complexity index is 647. The molecule has 0 saturated heterocycles. The van der Waals surface area contributed by atoms with Gasteiger partial charge in [-0.1, -0.05) is 29.8 Å². The van der Waals surface area contributed by atoms with Crippen molar-refractivity contribution in [3.05, 3.63) is 62.0 Å². The third-order valence-electron chi connectivity index (χ3n) is 2.94. The Hall–Kier alpha value is -1.55. The second kappa shape index (κ2) is 4.98. The van der Waals surface area contributed by atoms with E-state index in [9.17, 15) is 4.79 Å². The summed E-state index contributed by atoms with van der Waals surface area (Å²) in [5.41, 5.74) is 9.51. The highest BCUT2D eigenvalue weighted by Gasteiger charge is 2.08. The standard InChI is InChI=1S/C14H15BrN2O/c1-9-4-3-5-11(6-9)7-17-8-12(16)10(2)13(15)14(17)18/h3-6,8H,7,16H2,1-2H3. The van der Waals surface area contributed by atoms with E-state index in [0.29, 0.717) is 16.7 Å². The van der Waals surface area contributed by atoms with Crippen molar-refractivity contribution in [3.63, 3.8) is 0 Å². The van der Waals surface area contributed by atoms with Crippen molar-refractivity contribution in [1.82, 2.24) is 4.57 Å². The van der Waals surface area contributed by atoms with Gasteiger partial charge in [0.1, 0.15) is 0 Å². The number of aromatic nitrogens is 1. The number of nitrogen functional groups attached to an aromatic ring is 1. The number of rotatable bonds is 2. The average Bonchev–Trinajstić information content (AvgIpc) is 2.33. The second-order valence-electron chi connectivity index (χ2n) is 4.45. The molecular weight excluding hydrogens is 292 g/mol. The van der Waals surface area contributed by atoms with Crippen LogP contribution in [-0.4, -0.2) is 4.57 Å². The molecule has 1 heterocycles. The number of hydrogen-bond donors (Lipinski definition) is 1. The summed E-state index contributed by atoms with van der Waals surface area (Å²) < 4.78 is 2.16. The van der Waals surface area contributed by atoms with E-state index < -0.39 is 0 Å². The second-order valence-corrected chi connectivity index (χ2v) is 5.24. The van der Waals surface area contributed by atoms with Gasteiger partial charge in [-0.3, -0.25) is 4.79 Å². The lowest BCUT2D eigenvalue weighted by molar-refractivity contribution is 0.754. The summed E-state index contributed by atoms with van der Waals surface area (Å²) in [7, 11) is 0. The Labute approximate surface area is 114 Å². The third kappa shape index (κ3) is 2.48. The van der Waals surface area contributed by atoms with E-state index in [-0.39, 0.29) is 5.56 Å². The predicted molar refractivity (Wildman–Crippen MR) is 77.8 cm³/mol. The molecule has 2 aromatic rings. The van der Waals surface area contributed by atoms with E-state index in [2.05, 4.69) is 22.0 Å². The number of nitrogens with zero attached hydrogens (tertiary/aromatic N) is 1. The van der Waals surface area contributed by atoms with E-state index in [1.54, 1.807) is 10.8 Å². The molecule has 1 aromatic heterocycles. The van der Waals surface area contributed by atoms with E-state index in [1.165, 1.54) is 5.56 Å². The Balaban J connectivity index is 2.44. The van der Waals surface area contributed by atoms with Gasteiger partial charge in [-0.2, -0.15) is 0 Å². The number of benzene rings is 1. The van der Waals surface area contributed by atoms with Crippen molar-refractivity contribution in [2.75, 3.05) is 5.73 Å². The van der Waals surface area contributed by atoms with Gasteiger partial charge in [-0.25, -0.2) is 0 Å². The van der Waals surface area contributed by atoms with Crippen molar-refractivity contribution < 1.29 is 0 Å². The van der Waals surface area contributed by atoms with Gasteiger partial charge in [0.05, 0.1) is 16.7 Å². The van der Waals surface area contributed by atoms with Gasteiger partial charge >= 0.3 is 0 Å². The molecule has 0 atom stereocenters. The summed E-state index contributed by atoms with van der Waals surface area (Å²) in [5.74, 6) is 0. The van der Waals surface area contributed by atoms with E-state index in [1.807, 2.05) is 32.0 Å². The third-order valence-corrected chi connectivity index (χ3v) is 3.88. The highest BCUT2D eigenvalue weighted by molar-refractivity contribution is 9.10. The summed E-state index contributed by atoms with van der Waals surface area (Å²) in [6, 6.07) is 8.09. The Kier molecular flexibility index (Phi) is 3.57. The van der Waals surface area contributed by atoms with E-state index >= 15 is 0 Å². The number of anilines is 1. The maximum atomic E-state index is 12.1. The summed E-state index contributed by atoms with van der Waals surface area (Å²) in [5, 5.41) is 0. The molecule has 94 valence electrons. The first kappa shape index (κ1) is 12.9. The number of nitrogens with two attached hydrogens (primary N) is 1. The topological polar surface area (TPSA) is 48.0 Å². The molecule has 0 spiro atoms. The molecule has 0 unspecified atom stereocenters. The lowest BCUT2D eigenvalue weighted by Gasteiger charge is -2.10. The Morgan fingerprint density at radius 2 is 2.06 bits per heavy atom. The van der Waals surface area contributed by atoms with Gasteiger partial charge in [0.25, 0.3) is 5.56 Å². The number of hydrogen-bond acceptors (Lipinski definition) is 2. The zero-order valence-electron chi connectivity index (χ0n) is 10.4. The van der Waals surface area contributed by atoms with Crippen LogP contribution in [0.4, 0.5) is 5.69 Å². The average molecular weight is 307 g/mol. The first-order valence-corrected chi connectivity index (χ1v) is 6.49. The molecule has 2 N–H and O–H groups in total. The monoisotopic (exact) mass is 306 g/mol. The largest absolute Gasteiger partial charge is 0.397 e. The summed E-state index contributed by atoms with van der Waals surface area (Å²) in [6.07, 6.45) is 1.70. The Morgan fingerprint density at radius 3 is 2.72 bits per heavy atom. The minimum atomic E-state index is -0.0526. The van der Waals surface area contributed by atoms with Crippen molar-refractivity contribution in [1.29, 1.82) is 0 Å². The van der Waals surface area contributed by atoms with Crippen LogP contribution < -0.4 is 11.3 Å². The molecule has 2 rings (SSSR count). The van der Waals surface area contributed by atoms with E-state index in [0.717, 1.165) is 11.1 Å². The van der Waals surface area contributed by atoms with Crippen LogP contribution in [0.3, 0.4) is 0 Å². The van der Waals surface area contributed by atoms with Gasteiger partial charge in [0.15, 0.2) is 0 Å². The fourth-order valence-corrected chi connectivity index (χ4v) is 2.32. The van der Waals surface area contributed by atoms with Crippen LogP contribution in [0.25, 0.3) is 0 Å². The van der Waals surface area contributed by atoms with Gasteiger partial charge in [-0.15, -0.1) is 0 Å². The molecular formula is C14H15BrN2O. The molecule has 0 aliphatic carbocycles. The molecule has 0 saturated carbocycles. The minimum Gasteiger partial charge on any atom is -0.397 e. The van der Waals surface area contributed by atoms with Gasteiger partial charge in [0.2, 0.25) is 0 Å². The minimum absolute atomic E-state index is 0.0526. The van der Waals surface area contributed by atoms with Crippen molar-refractivity contribution in [3.8, 4) is 0 Å². The zero-order valence-corrected chi connectivity index (χ0v) is 12.0. The predicted octanol–water partition coefficient (Wildman–Crippen LogP) is 2.86.